The van der Waals surface area contributed by atoms with Crippen LogP contribution in [0.15, 0.2) is 0 Å². The molecule has 160 valence electrons. The van der Waals surface area contributed by atoms with Crippen molar-refractivity contribution in [2.24, 2.45) is 0 Å². The quantitative estimate of drug-likeness (QED) is 0.292. The van der Waals surface area contributed by atoms with Crippen molar-refractivity contribution in [2.75, 3.05) is 0 Å². The molecule has 0 saturated carbocycles. The predicted molar refractivity (Wildman–Crippen MR) is 46.7 cm³/mol. The molecule has 0 radical (unpaired) electrons. The van der Waals surface area contributed by atoms with Crippen LogP contribution < -0.4 is 86.7 Å². The average Bonchev–Trinajstić information content (AvgIpc) is 0. The van der Waals surface area contributed by atoms with Gasteiger partial charge in [-0.3, -0.25) is 0 Å². The third-order valence-corrected chi connectivity index (χ3v) is 0. The maximum absolute atomic E-state index is 0. The van der Waals surface area contributed by atoms with E-state index in [0.717, 1.165) is 0 Å². The summed E-state index contributed by atoms with van der Waals surface area (Å²) in [7, 11) is 0. The third kappa shape index (κ3) is 1460. The summed E-state index contributed by atoms with van der Waals surface area (Å²) < 4.78 is 0. The van der Waals surface area contributed by atoms with E-state index in [0.29, 0.717) is 0 Å². The fraction of sp³-hybridized carbons (Fsp3) is 0. The first-order valence-electron chi connectivity index (χ1n) is 0. The van der Waals surface area contributed by atoms with Gasteiger partial charge in [0.15, 0.2) is 0 Å². The van der Waals surface area contributed by atoms with Gasteiger partial charge in [0.1, 0.15) is 0 Å². The summed E-state index contributed by atoms with van der Waals surface area (Å²) in [6.45, 7) is 0. The second-order valence-electron chi connectivity index (χ2n) is 0. The molecule has 14 nitrogen and oxygen atoms in total. The van der Waals surface area contributed by atoms with Crippen molar-refractivity contribution in [1.82, 2.24) is 12.3 Å². The topological polar surface area (TPSA) is 433 Å². The van der Waals surface area contributed by atoms with E-state index in [-0.39, 0.29) is 199 Å². The molecule has 0 atom stereocenters. The van der Waals surface area contributed by atoms with Crippen LogP contribution in [0.25, 0.3) is 0 Å². The number of hydrogen-bond acceptors (Lipinski definition) is 12. The minimum atomic E-state index is 0. The van der Waals surface area contributed by atoms with Crippen LogP contribution in [-0.4, -0.2) is 112 Å². The third-order valence-electron chi connectivity index (χ3n) is 0. The minimum Gasteiger partial charge on any atom is -1.00 e. The number of halogens is 6. The van der Waals surface area contributed by atoms with Crippen LogP contribution in [-0.2, 0) is 0 Å². The molecule has 0 bridgehead atoms. The molecule has 0 aromatic rings. The van der Waals surface area contributed by atoms with E-state index in [1.807, 2.05) is 0 Å². The van der Waals surface area contributed by atoms with E-state index < -0.39 is 0 Å². The normalized spacial score (nSPS) is 0. The largest absolute Gasteiger partial charge is 2.00 e. The van der Waals surface area contributed by atoms with Gasteiger partial charge in [0, 0.05) is 0 Å². The molecule has 20 N–H and O–H groups in total. The summed E-state index contributed by atoms with van der Waals surface area (Å²) in [5.74, 6) is 0. The molecule has 0 aliphatic carbocycles. The Morgan fingerprint density at radius 3 is 0.182 bits per heavy atom. The number of hydrogen-bond donors (Lipinski definition) is 2. The van der Waals surface area contributed by atoms with Crippen LogP contribution in [0.3, 0.4) is 0 Å². The molecule has 22 heteroatoms. The molecule has 0 amide bonds. The Morgan fingerprint density at radius 2 is 0.182 bits per heavy atom. The molecule has 0 spiro atoms. The van der Waals surface area contributed by atoms with Crippen LogP contribution in [0.4, 0.5) is 0 Å². The Balaban J connectivity index is 0. The van der Waals surface area contributed by atoms with Crippen molar-refractivity contribution in [2.45, 2.75) is 0 Å². The van der Waals surface area contributed by atoms with Crippen LogP contribution >= 0.6 is 0 Å². The second-order valence-corrected chi connectivity index (χ2v) is 0. The summed E-state index contributed by atoms with van der Waals surface area (Å²) in [4.78, 5) is 0. The van der Waals surface area contributed by atoms with Crippen molar-refractivity contribution < 1.29 is 140 Å². The first kappa shape index (κ1) is 1890. The first-order chi connectivity index (χ1) is 0. The van der Waals surface area contributed by atoms with Crippen LogP contribution in [0.2, 0.25) is 0 Å². The molecule has 0 heterocycles. The van der Waals surface area contributed by atoms with Gasteiger partial charge in [0.25, 0.3) is 0 Å². The fourth-order valence-electron chi connectivity index (χ4n) is 0. The van der Waals surface area contributed by atoms with Crippen LogP contribution in [0.5, 0.6) is 0 Å². The monoisotopic (exact) mass is 498 g/mol. The second kappa shape index (κ2) is 1660. The molecule has 0 aliphatic heterocycles. The molecule has 0 aliphatic rings. The SMILES string of the molecule is [Cl-].[Cl-].[Cl-].[Cl-].[Cl-].[Cl-].[Mg+2].[Mg+2].[NH4+].[NH4+].[OH-].[OH-].[OH-].[OH-].[OH-].[OH-].[OH-].[OH-].[OH-].[OH-].[OH-].[OH-]. The maximum Gasteiger partial charge on any atom is 2.00 e. The smallest absolute Gasteiger partial charge is 1.00 e. The average molecular weight is 501 g/mol. The Bertz CT molecular complexity index is 35.6. The van der Waals surface area contributed by atoms with Gasteiger partial charge >= 0.3 is 46.1 Å². The van der Waals surface area contributed by atoms with Crippen molar-refractivity contribution in [3.05, 3.63) is 0 Å². The Labute approximate surface area is 197 Å². The Morgan fingerprint density at radius 1 is 0.182 bits per heavy atom. The van der Waals surface area contributed by atoms with Gasteiger partial charge in [-0.05, 0) is 0 Å². The van der Waals surface area contributed by atoms with Crippen LogP contribution in [0.1, 0.15) is 0 Å². The molecule has 0 rings (SSSR count). The summed E-state index contributed by atoms with van der Waals surface area (Å²) in [6.07, 6.45) is 0. The summed E-state index contributed by atoms with van der Waals surface area (Å²) >= 11 is 0. The van der Waals surface area contributed by atoms with E-state index in [2.05, 4.69) is 0 Å². The molecular weight excluding hydrogens is 481 g/mol. The zero-order valence-electron chi connectivity index (χ0n) is 11.0. The zero-order chi connectivity index (χ0) is 0. The zero-order valence-corrected chi connectivity index (χ0v) is 18.4. The van der Waals surface area contributed by atoms with Crippen molar-refractivity contribution >= 4 is 46.1 Å². The molecular formula is H20Cl6Mg2N2O12-12. The molecule has 0 unspecified atom stereocenters. The molecule has 0 fully saturated rings. The Hall–Kier alpha value is 2.71. The summed E-state index contributed by atoms with van der Waals surface area (Å²) in [6, 6.07) is 0. The first-order valence-corrected chi connectivity index (χ1v) is 0. The number of quaternary nitrogens is 2. The van der Waals surface area contributed by atoms with E-state index in [1.54, 1.807) is 0 Å². The standard InChI is InChI=1S/6ClH.2Mg.2H3N.12H2O/h6*1H;;;2*1H3;12*1H2/q;;;;;;2*+2;;;;;;;;;;;;;;/p-16. The summed E-state index contributed by atoms with van der Waals surface area (Å²) in [5.41, 5.74) is 0. The van der Waals surface area contributed by atoms with Gasteiger partial charge in [-0.15, -0.1) is 0 Å². The van der Waals surface area contributed by atoms with Gasteiger partial charge < -0.3 is 152 Å². The van der Waals surface area contributed by atoms with Gasteiger partial charge in [0.2, 0.25) is 0 Å². The maximum atomic E-state index is 0. The summed E-state index contributed by atoms with van der Waals surface area (Å²) in [5, 5.41) is 0. The molecule has 22 heavy (non-hydrogen) atoms. The van der Waals surface area contributed by atoms with Gasteiger partial charge in [0.05, 0.1) is 0 Å². The molecule has 0 saturated heterocycles. The van der Waals surface area contributed by atoms with Gasteiger partial charge in [-0.1, -0.05) is 0 Å². The van der Waals surface area contributed by atoms with E-state index in [9.17, 15) is 0 Å². The fourth-order valence-corrected chi connectivity index (χ4v) is 0. The van der Waals surface area contributed by atoms with Crippen molar-refractivity contribution in [1.29, 1.82) is 0 Å². The van der Waals surface area contributed by atoms with E-state index >= 15 is 0 Å². The van der Waals surface area contributed by atoms with Gasteiger partial charge in [-0.2, -0.15) is 0 Å². The molecule has 0 aromatic heterocycles. The number of rotatable bonds is 0. The van der Waals surface area contributed by atoms with E-state index in [4.69, 9.17) is 0 Å². The predicted octanol–water partition coefficient (Wildman–Crippen LogP) is -20.1. The van der Waals surface area contributed by atoms with Crippen LogP contribution in [0, 0.1) is 0 Å². The Kier molecular flexibility index (Phi) is 143000. The van der Waals surface area contributed by atoms with Crippen molar-refractivity contribution in [3.63, 3.8) is 0 Å². The molecule has 0 aromatic carbocycles. The van der Waals surface area contributed by atoms with E-state index in [1.165, 1.54) is 0 Å². The minimum absolute atomic E-state index is 0. The van der Waals surface area contributed by atoms with Gasteiger partial charge in [-0.25, -0.2) is 0 Å². The van der Waals surface area contributed by atoms with Crippen molar-refractivity contribution in [3.8, 4) is 0 Å².